The van der Waals surface area contributed by atoms with Gasteiger partial charge < -0.3 is 5.32 Å². The Balaban J connectivity index is 2.24. The first kappa shape index (κ1) is 16.6. The third kappa shape index (κ3) is 3.38. The fourth-order valence-electron chi connectivity index (χ4n) is 2.84. The molecule has 0 unspecified atom stereocenters. The third-order valence-corrected chi connectivity index (χ3v) is 7.42. The third-order valence-electron chi connectivity index (χ3n) is 4.30. The van der Waals surface area contributed by atoms with Gasteiger partial charge in [-0.3, -0.25) is 0 Å². The molecule has 0 radical (unpaired) electrons. The summed E-state index contributed by atoms with van der Waals surface area (Å²) in [6.07, 6.45) is 5.43. The Bertz CT molecular complexity index is 594. The zero-order chi connectivity index (χ0) is 15.7. The average molecular weight is 329 g/mol. The SMILES string of the molecule is CNc1cc(C)c(S(=O)(=O)NCC2(SC)CCC2)c(C)c1. The van der Waals surface area contributed by atoms with E-state index in [9.17, 15) is 8.42 Å². The maximum atomic E-state index is 12.6. The zero-order valence-corrected chi connectivity index (χ0v) is 14.7. The molecule has 0 amide bonds. The molecule has 0 saturated heterocycles. The molecule has 1 aromatic carbocycles. The predicted molar refractivity (Wildman–Crippen MR) is 90.7 cm³/mol. The lowest BCUT2D eigenvalue weighted by Crippen LogP contribution is -2.45. The van der Waals surface area contributed by atoms with Crippen molar-refractivity contribution in [2.75, 3.05) is 25.2 Å². The van der Waals surface area contributed by atoms with Gasteiger partial charge in [-0.2, -0.15) is 11.8 Å². The first-order valence-electron chi connectivity index (χ1n) is 7.17. The summed E-state index contributed by atoms with van der Waals surface area (Å²) in [4.78, 5) is 0.414. The fourth-order valence-corrected chi connectivity index (χ4v) is 5.42. The molecule has 0 aromatic heterocycles. The largest absolute Gasteiger partial charge is 0.388 e. The number of sulfonamides is 1. The minimum Gasteiger partial charge on any atom is -0.388 e. The predicted octanol–water partition coefficient (Wildman–Crippen LogP) is 2.91. The quantitative estimate of drug-likeness (QED) is 0.843. The van der Waals surface area contributed by atoms with Crippen molar-refractivity contribution in [2.24, 2.45) is 0 Å². The smallest absolute Gasteiger partial charge is 0.241 e. The minimum absolute atomic E-state index is 0.0970. The molecule has 1 fully saturated rings. The summed E-state index contributed by atoms with van der Waals surface area (Å²) in [6.45, 7) is 4.20. The molecule has 0 bridgehead atoms. The number of nitrogens with one attached hydrogen (secondary N) is 2. The molecule has 0 spiro atoms. The first-order chi connectivity index (χ1) is 9.83. The Morgan fingerprint density at radius 3 is 2.19 bits per heavy atom. The van der Waals surface area contributed by atoms with E-state index in [1.54, 1.807) is 11.8 Å². The number of aryl methyl sites for hydroxylation is 2. The van der Waals surface area contributed by atoms with Crippen LogP contribution in [-0.2, 0) is 10.0 Å². The van der Waals surface area contributed by atoms with Crippen LogP contribution in [0.1, 0.15) is 30.4 Å². The van der Waals surface area contributed by atoms with Crippen molar-refractivity contribution in [3.63, 3.8) is 0 Å². The van der Waals surface area contributed by atoms with E-state index in [2.05, 4.69) is 16.3 Å². The van der Waals surface area contributed by atoms with Crippen molar-refractivity contribution >= 4 is 27.5 Å². The molecule has 118 valence electrons. The molecule has 21 heavy (non-hydrogen) atoms. The van der Waals surface area contributed by atoms with Crippen LogP contribution in [0.5, 0.6) is 0 Å². The molecule has 2 rings (SSSR count). The average Bonchev–Trinajstić information content (AvgIpc) is 2.36. The van der Waals surface area contributed by atoms with Crippen LogP contribution in [0.15, 0.2) is 17.0 Å². The Kier molecular flexibility index (Phi) is 4.90. The summed E-state index contributed by atoms with van der Waals surface area (Å²) in [5, 5.41) is 3.05. The van der Waals surface area contributed by atoms with Crippen LogP contribution in [0.4, 0.5) is 5.69 Å². The maximum absolute atomic E-state index is 12.6. The zero-order valence-electron chi connectivity index (χ0n) is 13.1. The van der Waals surface area contributed by atoms with Crippen molar-refractivity contribution in [1.82, 2.24) is 4.72 Å². The standard InChI is InChI=1S/C15H24N2O2S2/c1-11-8-13(16-3)9-12(2)14(11)21(18,19)17-10-15(20-4)6-5-7-15/h8-9,16-17H,5-7,10H2,1-4H3. The van der Waals surface area contributed by atoms with Gasteiger partial charge in [-0.05, 0) is 56.2 Å². The second-order valence-electron chi connectivity index (χ2n) is 5.75. The lowest BCUT2D eigenvalue weighted by molar-refractivity contribution is 0.362. The molecule has 1 aliphatic carbocycles. The van der Waals surface area contributed by atoms with Gasteiger partial charge in [0, 0.05) is 24.0 Å². The Labute approximate surface area is 132 Å². The van der Waals surface area contributed by atoms with Gasteiger partial charge in [0.15, 0.2) is 0 Å². The molecular formula is C15H24N2O2S2. The Morgan fingerprint density at radius 2 is 1.81 bits per heavy atom. The van der Waals surface area contributed by atoms with Gasteiger partial charge in [0.1, 0.15) is 0 Å². The van der Waals surface area contributed by atoms with Crippen LogP contribution in [0.2, 0.25) is 0 Å². The van der Waals surface area contributed by atoms with Gasteiger partial charge in [0.25, 0.3) is 0 Å². The highest BCUT2D eigenvalue weighted by atomic mass is 32.2. The van der Waals surface area contributed by atoms with E-state index in [-0.39, 0.29) is 4.75 Å². The highest BCUT2D eigenvalue weighted by Gasteiger charge is 2.37. The number of thioether (sulfide) groups is 1. The van der Waals surface area contributed by atoms with Crippen molar-refractivity contribution in [1.29, 1.82) is 0 Å². The van der Waals surface area contributed by atoms with Crippen molar-refractivity contribution in [3.8, 4) is 0 Å². The maximum Gasteiger partial charge on any atom is 0.241 e. The molecule has 0 heterocycles. The van der Waals surface area contributed by atoms with Gasteiger partial charge in [0.05, 0.1) is 4.90 Å². The monoisotopic (exact) mass is 328 g/mol. The second-order valence-corrected chi connectivity index (χ2v) is 8.73. The van der Waals surface area contributed by atoms with E-state index in [0.717, 1.165) is 29.7 Å². The summed E-state index contributed by atoms with van der Waals surface area (Å²) in [5.41, 5.74) is 2.49. The normalized spacial score (nSPS) is 17.3. The van der Waals surface area contributed by atoms with Crippen LogP contribution >= 0.6 is 11.8 Å². The Hall–Kier alpha value is -0.720. The van der Waals surface area contributed by atoms with Gasteiger partial charge in [-0.1, -0.05) is 6.42 Å². The number of hydrogen-bond donors (Lipinski definition) is 2. The molecule has 0 aliphatic heterocycles. The molecule has 4 nitrogen and oxygen atoms in total. The van der Waals surface area contributed by atoms with Crippen LogP contribution in [0.3, 0.4) is 0 Å². The van der Waals surface area contributed by atoms with Crippen molar-refractivity contribution in [2.45, 2.75) is 42.8 Å². The number of hydrogen-bond acceptors (Lipinski definition) is 4. The first-order valence-corrected chi connectivity index (χ1v) is 9.88. The summed E-state index contributed by atoms with van der Waals surface area (Å²) in [5.74, 6) is 0. The summed E-state index contributed by atoms with van der Waals surface area (Å²) in [7, 11) is -1.62. The van der Waals surface area contributed by atoms with E-state index in [1.165, 1.54) is 6.42 Å². The van der Waals surface area contributed by atoms with Crippen LogP contribution < -0.4 is 10.0 Å². The molecule has 1 aliphatic rings. The highest BCUT2D eigenvalue weighted by Crippen LogP contribution is 2.42. The van der Waals surface area contributed by atoms with E-state index >= 15 is 0 Å². The Morgan fingerprint density at radius 1 is 1.24 bits per heavy atom. The van der Waals surface area contributed by atoms with E-state index in [0.29, 0.717) is 11.4 Å². The van der Waals surface area contributed by atoms with E-state index in [1.807, 2.05) is 33.0 Å². The van der Waals surface area contributed by atoms with Gasteiger partial charge in [0.2, 0.25) is 10.0 Å². The fraction of sp³-hybridized carbons (Fsp3) is 0.600. The van der Waals surface area contributed by atoms with Crippen molar-refractivity contribution < 1.29 is 8.42 Å². The minimum atomic E-state index is -3.46. The number of benzene rings is 1. The van der Waals surface area contributed by atoms with Crippen LogP contribution in [0, 0.1) is 13.8 Å². The van der Waals surface area contributed by atoms with Gasteiger partial charge >= 0.3 is 0 Å². The molecule has 1 aromatic rings. The second kappa shape index (κ2) is 6.18. The van der Waals surface area contributed by atoms with E-state index in [4.69, 9.17) is 0 Å². The highest BCUT2D eigenvalue weighted by molar-refractivity contribution is 8.00. The lowest BCUT2D eigenvalue weighted by Gasteiger charge is -2.40. The summed E-state index contributed by atoms with van der Waals surface area (Å²) >= 11 is 1.77. The molecular weight excluding hydrogens is 304 g/mol. The molecule has 0 atom stereocenters. The number of rotatable bonds is 6. The van der Waals surface area contributed by atoms with Gasteiger partial charge in [-0.25, -0.2) is 13.1 Å². The number of anilines is 1. The molecule has 2 N–H and O–H groups in total. The van der Waals surface area contributed by atoms with Crippen LogP contribution in [0.25, 0.3) is 0 Å². The van der Waals surface area contributed by atoms with E-state index < -0.39 is 10.0 Å². The lowest BCUT2D eigenvalue weighted by atomic mass is 9.84. The summed E-state index contributed by atoms with van der Waals surface area (Å²) < 4.78 is 28.2. The summed E-state index contributed by atoms with van der Waals surface area (Å²) in [6, 6.07) is 3.74. The molecule has 6 heteroatoms. The van der Waals surface area contributed by atoms with Crippen LogP contribution in [-0.4, -0.2) is 33.0 Å². The van der Waals surface area contributed by atoms with Crippen molar-refractivity contribution in [3.05, 3.63) is 23.3 Å². The molecule has 1 saturated carbocycles. The van der Waals surface area contributed by atoms with Gasteiger partial charge in [-0.15, -0.1) is 0 Å². The topological polar surface area (TPSA) is 58.2 Å².